The van der Waals surface area contributed by atoms with Crippen molar-refractivity contribution in [1.82, 2.24) is 20.2 Å². The van der Waals surface area contributed by atoms with E-state index in [1.54, 1.807) is 29.2 Å². The lowest BCUT2D eigenvalue weighted by atomic mass is 10.1. The number of H-pyrrole nitrogens is 1. The van der Waals surface area contributed by atoms with Crippen LogP contribution in [0.15, 0.2) is 78.0 Å². The van der Waals surface area contributed by atoms with Gasteiger partial charge in [0, 0.05) is 39.3 Å². The number of ether oxygens (including phenoxy) is 1. The van der Waals surface area contributed by atoms with Gasteiger partial charge in [-0.1, -0.05) is 50.0 Å². The number of carbonyl (C=O) groups is 1. The van der Waals surface area contributed by atoms with E-state index in [4.69, 9.17) is 4.74 Å². The van der Waals surface area contributed by atoms with Crippen LogP contribution in [0.5, 0.6) is 0 Å². The molecule has 1 N–H and O–H groups in total. The van der Waals surface area contributed by atoms with Crippen LogP contribution >= 0.6 is 0 Å². The van der Waals surface area contributed by atoms with Crippen LogP contribution in [0, 0.1) is 0 Å². The van der Waals surface area contributed by atoms with Crippen molar-refractivity contribution >= 4 is 35.6 Å². The second-order valence-electron chi connectivity index (χ2n) is 10.8. The Bertz CT molecular complexity index is 1590. The molecule has 10 nitrogen and oxygen atoms in total. The first kappa shape index (κ1) is 27.7. The van der Waals surface area contributed by atoms with E-state index in [1.165, 1.54) is 18.5 Å². The molecule has 0 saturated carbocycles. The molecule has 1 amide bonds. The van der Waals surface area contributed by atoms with Gasteiger partial charge >= 0.3 is 0 Å². The third kappa shape index (κ3) is 5.98. The molecule has 0 saturated heterocycles. The monoisotopic (exact) mass is 576 g/mol. The molecule has 40 heavy (non-hydrogen) atoms. The summed E-state index contributed by atoms with van der Waals surface area (Å²) < 4.78 is 34.4. The van der Waals surface area contributed by atoms with Crippen LogP contribution in [0.4, 0.5) is 11.6 Å². The van der Waals surface area contributed by atoms with E-state index in [2.05, 4.69) is 39.8 Å². The van der Waals surface area contributed by atoms with Crippen LogP contribution in [0.2, 0.25) is 25.7 Å². The number of amides is 1. The fourth-order valence-corrected chi connectivity index (χ4v) is 6.46. The largest absolute Gasteiger partial charge is 0.360 e. The first-order valence-electron chi connectivity index (χ1n) is 13.1. The normalized spacial score (nSPS) is 13.3. The van der Waals surface area contributed by atoms with Gasteiger partial charge in [0.05, 0.1) is 10.6 Å². The van der Waals surface area contributed by atoms with Gasteiger partial charge in [0.15, 0.2) is 5.69 Å². The van der Waals surface area contributed by atoms with Gasteiger partial charge in [-0.25, -0.2) is 22.7 Å². The van der Waals surface area contributed by atoms with E-state index in [1.807, 2.05) is 30.3 Å². The summed E-state index contributed by atoms with van der Waals surface area (Å²) in [6, 6.07) is 18.7. The van der Waals surface area contributed by atoms with Gasteiger partial charge in [-0.15, -0.1) is 0 Å². The first-order chi connectivity index (χ1) is 19.1. The molecular formula is C28H32N6O4SSi. The summed E-state index contributed by atoms with van der Waals surface area (Å²) in [6.07, 6.45) is 3.52. The minimum Gasteiger partial charge on any atom is -0.360 e. The molecule has 5 rings (SSSR count). The number of fused-ring (bicyclic) bond motifs is 1. The zero-order chi connectivity index (χ0) is 28.3. The number of benzene rings is 2. The van der Waals surface area contributed by atoms with Gasteiger partial charge < -0.3 is 9.64 Å². The van der Waals surface area contributed by atoms with Gasteiger partial charge in [0.25, 0.3) is 15.9 Å². The lowest BCUT2D eigenvalue weighted by Gasteiger charge is -2.23. The van der Waals surface area contributed by atoms with Crippen molar-refractivity contribution < 1.29 is 17.9 Å². The van der Waals surface area contributed by atoms with E-state index in [-0.39, 0.29) is 23.5 Å². The van der Waals surface area contributed by atoms with Gasteiger partial charge in [-0.2, -0.15) is 5.10 Å². The zero-order valence-corrected chi connectivity index (χ0v) is 24.6. The molecule has 208 valence electrons. The third-order valence-electron chi connectivity index (χ3n) is 6.64. The molecule has 4 aromatic rings. The highest BCUT2D eigenvalue weighted by Gasteiger charge is 2.32. The molecule has 0 spiro atoms. The molecule has 2 aromatic heterocycles. The molecule has 0 fully saturated rings. The van der Waals surface area contributed by atoms with Crippen LogP contribution in [-0.2, 0) is 21.2 Å². The maximum atomic E-state index is 13.8. The van der Waals surface area contributed by atoms with E-state index in [9.17, 15) is 13.2 Å². The second-order valence-corrected chi connectivity index (χ2v) is 18.3. The number of aromatic amines is 1. The molecule has 12 heteroatoms. The Morgan fingerprint density at radius 1 is 1.05 bits per heavy atom. The average molecular weight is 577 g/mol. The Labute approximate surface area is 235 Å². The first-order valence-corrected chi connectivity index (χ1v) is 18.2. The zero-order valence-electron chi connectivity index (χ0n) is 22.7. The number of carbonyl (C=O) groups excluding carboxylic acids is 1. The number of hydrogen-bond donors (Lipinski definition) is 1. The minimum absolute atomic E-state index is 0.0422. The molecule has 0 bridgehead atoms. The number of rotatable bonds is 10. The van der Waals surface area contributed by atoms with Crippen LogP contribution in [-0.4, -0.2) is 62.4 Å². The Morgan fingerprint density at radius 3 is 2.52 bits per heavy atom. The number of aromatic nitrogens is 4. The van der Waals surface area contributed by atoms with Crippen LogP contribution < -0.4 is 9.21 Å². The standard InChI is InChI=1S/C28H32N6O4SSi/c1-40(2,3)17-16-38-20-34(28-29-13-7-14-30-28)39(36,37)23-10-11-26-22(18-23)12-15-33(26)27(35)25-19-24(31-32-25)21-8-5-4-6-9-21/h4-11,13-14,18-19H,12,15-17,20H2,1-3H3,(H,31,32). The summed E-state index contributed by atoms with van der Waals surface area (Å²) in [5, 5.41) is 7.16. The average Bonchev–Trinajstić information content (AvgIpc) is 3.60. The Balaban J connectivity index is 1.37. The van der Waals surface area contributed by atoms with E-state index < -0.39 is 18.1 Å². The van der Waals surface area contributed by atoms with Gasteiger partial charge in [-0.05, 0) is 53.9 Å². The van der Waals surface area contributed by atoms with Crippen molar-refractivity contribution in [3.63, 3.8) is 0 Å². The van der Waals surface area contributed by atoms with E-state index in [0.29, 0.717) is 31.0 Å². The third-order valence-corrected chi connectivity index (χ3v) is 10.0. The highest BCUT2D eigenvalue weighted by molar-refractivity contribution is 7.92. The predicted molar refractivity (Wildman–Crippen MR) is 157 cm³/mol. The molecule has 0 aliphatic carbocycles. The lowest BCUT2D eigenvalue weighted by molar-refractivity contribution is 0.0984. The Hall–Kier alpha value is -3.87. The van der Waals surface area contributed by atoms with Crippen molar-refractivity contribution in [3.8, 4) is 11.3 Å². The number of hydrogen-bond acceptors (Lipinski definition) is 7. The maximum absolute atomic E-state index is 13.8. The predicted octanol–water partition coefficient (Wildman–Crippen LogP) is 4.58. The summed E-state index contributed by atoms with van der Waals surface area (Å²) in [4.78, 5) is 23.4. The topological polar surface area (TPSA) is 121 Å². The summed E-state index contributed by atoms with van der Waals surface area (Å²) in [7, 11) is -5.38. The van der Waals surface area contributed by atoms with Crippen molar-refractivity contribution in [2.75, 3.05) is 29.1 Å². The summed E-state index contributed by atoms with van der Waals surface area (Å²) in [5.41, 5.74) is 3.41. The van der Waals surface area contributed by atoms with Crippen LogP contribution in [0.25, 0.3) is 11.3 Å². The quantitative estimate of drug-likeness (QED) is 0.167. The van der Waals surface area contributed by atoms with Gasteiger partial charge in [0.1, 0.15) is 6.73 Å². The number of sulfonamides is 1. The minimum atomic E-state index is -4.03. The van der Waals surface area contributed by atoms with Crippen molar-refractivity contribution in [2.45, 2.75) is 37.0 Å². The second kappa shape index (κ2) is 11.3. The van der Waals surface area contributed by atoms with E-state index in [0.717, 1.165) is 27.2 Å². The lowest BCUT2D eigenvalue weighted by Crippen LogP contribution is -2.35. The maximum Gasteiger partial charge on any atom is 0.278 e. The summed E-state index contributed by atoms with van der Waals surface area (Å²) in [6.45, 7) is 7.39. The molecule has 0 unspecified atom stereocenters. The molecular weight excluding hydrogens is 544 g/mol. The fraction of sp³-hybridized carbons (Fsp3) is 0.286. The smallest absolute Gasteiger partial charge is 0.278 e. The van der Waals surface area contributed by atoms with E-state index >= 15 is 0 Å². The highest BCUT2D eigenvalue weighted by Crippen LogP contribution is 2.33. The molecule has 1 aliphatic heterocycles. The molecule has 0 radical (unpaired) electrons. The summed E-state index contributed by atoms with van der Waals surface area (Å²) >= 11 is 0. The van der Waals surface area contributed by atoms with Crippen LogP contribution in [0.3, 0.4) is 0 Å². The van der Waals surface area contributed by atoms with Gasteiger partial charge in [-0.3, -0.25) is 9.89 Å². The Morgan fingerprint density at radius 2 is 1.80 bits per heavy atom. The van der Waals surface area contributed by atoms with Crippen molar-refractivity contribution in [2.24, 2.45) is 0 Å². The molecule has 1 aliphatic rings. The molecule has 3 heterocycles. The molecule has 2 aromatic carbocycles. The Kier molecular flexibility index (Phi) is 7.83. The molecule has 0 atom stereocenters. The van der Waals surface area contributed by atoms with Gasteiger partial charge in [0.2, 0.25) is 5.95 Å². The number of anilines is 2. The number of nitrogens with one attached hydrogen (secondary N) is 1. The van der Waals surface area contributed by atoms with Crippen molar-refractivity contribution in [1.29, 1.82) is 0 Å². The fourth-order valence-electron chi connectivity index (χ4n) is 4.39. The number of nitrogens with zero attached hydrogens (tertiary/aromatic N) is 5. The SMILES string of the molecule is C[Si](C)(C)CCOCN(c1ncccn1)S(=O)(=O)c1ccc2c(c1)CCN2C(=O)c1cc(-c2ccccc2)[nH]n1. The van der Waals surface area contributed by atoms with Crippen molar-refractivity contribution in [3.05, 3.63) is 84.3 Å². The highest BCUT2D eigenvalue weighted by atomic mass is 32.2. The summed E-state index contributed by atoms with van der Waals surface area (Å²) in [5.74, 6) is -0.205. The van der Waals surface area contributed by atoms with Crippen LogP contribution in [0.1, 0.15) is 16.1 Å².